The van der Waals surface area contributed by atoms with Gasteiger partial charge in [-0.3, -0.25) is 9.59 Å². The third-order valence-corrected chi connectivity index (χ3v) is 5.87. The average Bonchev–Trinajstić information content (AvgIpc) is 2.79. The maximum Gasteiger partial charge on any atom is 0.260 e. The van der Waals surface area contributed by atoms with Crippen LogP contribution in [-0.2, 0) is 4.79 Å². The van der Waals surface area contributed by atoms with E-state index in [-0.39, 0.29) is 17.9 Å². The second-order valence-corrected chi connectivity index (χ2v) is 7.89. The predicted octanol–water partition coefficient (Wildman–Crippen LogP) is 3.30. The number of para-hydroxylation sites is 1. The van der Waals surface area contributed by atoms with Gasteiger partial charge >= 0.3 is 0 Å². The average molecular weight is 393 g/mol. The SMILES string of the molecule is CC(=O)N[C@H]1CC[C@@H](Nc2cc3c(cn2)N(C)C(=O)c2ccccc2N3C)CC1. The van der Waals surface area contributed by atoms with Gasteiger partial charge < -0.3 is 20.4 Å². The monoisotopic (exact) mass is 393 g/mol. The lowest BCUT2D eigenvalue weighted by molar-refractivity contribution is -0.119. The molecule has 0 unspecified atom stereocenters. The third-order valence-electron chi connectivity index (χ3n) is 5.87. The van der Waals surface area contributed by atoms with Gasteiger partial charge in [-0.05, 0) is 37.8 Å². The minimum absolute atomic E-state index is 0.0370. The summed E-state index contributed by atoms with van der Waals surface area (Å²) < 4.78 is 0. The van der Waals surface area contributed by atoms with Crippen molar-refractivity contribution in [2.75, 3.05) is 29.2 Å². The minimum Gasteiger partial charge on any atom is -0.367 e. The smallest absolute Gasteiger partial charge is 0.260 e. The number of fused-ring (bicyclic) bond motifs is 2. The van der Waals surface area contributed by atoms with Crippen LogP contribution in [0, 0.1) is 0 Å². The molecule has 0 saturated heterocycles. The number of hydrogen-bond acceptors (Lipinski definition) is 5. The molecule has 2 N–H and O–H groups in total. The van der Waals surface area contributed by atoms with E-state index in [0.29, 0.717) is 11.6 Å². The Morgan fingerprint density at radius 2 is 1.69 bits per heavy atom. The first-order valence-electron chi connectivity index (χ1n) is 10.1. The van der Waals surface area contributed by atoms with Gasteiger partial charge in [-0.1, -0.05) is 12.1 Å². The number of benzene rings is 1. The van der Waals surface area contributed by atoms with Crippen LogP contribution < -0.4 is 20.4 Å². The molecule has 2 heterocycles. The number of carbonyl (C=O) groups is 2. The van der Waals surface area contributed by atoms with E-state index in [0.717, 1.165) is 48.6 Å². The van der Waals surface area contributed by atoms with Crippen LogP contribution >= 0.6 is 0 Å². The predicted molar refractivity (Wildman–Crippen MR) is 115 cm³/mol. The molecule has 4 rings (SSSR count). The molecule has 152 valence electrons. The topological polar surface area (TPSA) is 77.6 Å². The molecule has 2 aromatic rings. The van der Waals surface area contributed by atoms with Crippen molar-refractivity contribution in [1.82, 2.24) is 10.3 Å². The first-order valence-corrected chi connectivity index (χ1v) is 10.1. The Hall–Kier alpha value is -3.09. The van der Waals surface area contributed by atoms with Crippen LogP contribution in [-0.4, -0.2) is 43.0 Å². The van der Waals surface area contributed by atoms with E-state index in [1.165, 1.54) is 0 Å². The number of carbonyl (C=O) groups excluding carboxylic acids is 2. The first-order chi connectivity index (χ1) is 13.9. The molecule has 1 fully saturated rings. The summed E-state index contributed by atoms with van der Waals surface area (Å²) in [4.78, 5) is 32.4. The normalized spacial score (nSPS) is 21.1. The molecule has 7 nitrogen and oxygen atoms in total. The van der Waals surface area contributed by atoms with Crippen LogP contribution in [0.5, 0.6) is 0 Å². The van der Waals surface area contributed by atoms with Crippen LogP contribution in [0.4, 0.5) is 22.9 Å². The van der Waals surface area contributed by atoms with E-state index in [1.54, 1.807) is 25.1 Å². The summed E-state index contributed by atoms with van der Waals surface area (Å²) in [6.07, 6.45) is 5.67. The Balaban J connectivity index is 1.55. The summed E-state index contributed by atoms with van der Waals surface area (Å²) in [7, 11) is 3.77. The third kappa shape index (κ3) is 3.77. The maximum absolute atomic E-state index is 12.9. The van der Waals surface area contributed by atoms with E-state index in [9.17, 15) is 9.59 Å². The molecule has 1 saturated carbocycles. The van der Waals surface area contributed by atoms with Gasteiger partial charge in [-0.25, -0.2) is 4.98 Å². The molecule has 1 aromatic carbocycles. The number of amides is 2. The molecular weight excluding hydrogens is 366 g/mol. The van der Waals surface area contributed by atoms with Gasteiger partial charge in [0.25, 0.3) is 5.91 Å². The number of pyridine rings is 1. The summed E-state index contributed by atoms with van der Waals surface area (Å²) in [6.45, 7) is 1.57. The Labute approximate surface area is 171 Å². The lowest BCUT2D eigenvalue weighted by Gasteiger charge is -2.30. The van der Waals surface area contributed by atoms with Crippen molar-refractivity contribution in [2.45, 2.75) is 44.7 Å². The van der Waals surface area contributed by atoms with Crippen LogP contribution in [0.1, 0.15) is 43.0 Å². The largest absolute Gasteiger partial charge is 0.367 e. The number of anilines is 4. The van der Waals surface area contributed by atoms with E-state index in [2.05, 4.69) is 15.6 Å². The molecule has 0 radical (unpaired) electrons. The zero-order chi connectivity index (χ0) is 20.5. The van der Waals surface area contributed by atoms with Crippen molar-refractivity contribution in [1.29, 1.82) is 0 Å². The highest BCUT2D eigenvalue weighted by molar-refractivity contribution is 6.13. The van der Waals surface area contributed by atoms with E-state index in [1.807, 2.05) is 42.3 Å². The highest BCUT2D eigenvalue weighted by Gasteiger charge is 2.28. The summed E-state index contributed by atoms with van der Waals surface area (Å²) in [6, 6.07) is 10.3. The van der Waals surface area contributed by atoms with Gasteiger partial charge in [0.2, 0.25) is 5.91 Å². The molecule has 0 bridgehead atoms. The number of aromatic nitrogens is 1. The number of nitrogens with one attached hydrogen (secondary N) is 2. The molecule has 29 heavy (non-hydrogen) atoms. The highest BCUT2D eigenvalue weighted by Crippen LogP contribution is 2.39. The van der Waals surface area contributed by atoms with E-state index in [4.69, 9.17) is 0 Å². The maximum atomic E-state index is 12.9. The Morgan fingerprint density at radius 3 is 2.41 bits per heavy atom. The zero-order valence-electron chi connectivity index (χ0n) is 17.1. The molecule has 2 aliphatic rings. The lowest BCUT2D eigenvalue weighted by atomic mass is 9.91. The van der Waals surface area contributed by atoms with Crippen molar-refractivity contribution in [2.24, 2.45) is 0 Å². The van der Waals surface area contributed by atoms with Gasteiger partial charge in [0.15, 0.2) is 0 Å². The highest BCUT2D eigenvalue weighted by atomic mass is 16.2. The van der Waals surface area contributed by atoms with Gasteiger partial charge in [0.1, 0.15) is 5.82 Å². The van der Waals surface area contributed by atoms with Gasteiger partial charge in [-0.15, -0.1) is 0 Å². The van der Waals surface area contributed by atoms with Crippen molar-refractivity contribution in [3.63, 3.8) is 0 Å². The molecule has 7 heteroatoms. The minimum atomic E-state index is -0.0370. The summed E-state index contributed by atoms with van der Waals surface area (Å²) in [5, 5.41) is 6.55. The molecule has 1 aliphatic heterocycles. The molecule has 1 aliphatic carbocycles. The van der Waals surface area contributed by atoms with E-state index < -0.39 is 0 Å². The van der Waals surface area contributed by atoms with Gasteiger partial charge in [0.05, 0.1) is 28.8 Å². The van der Waals surface area contributed by atoms with Crippen LogP contribution in [0.25, 0.3) is 0 Å². The fourth-order valence-electron chi connectivity index (χ4n) is 4.29. The van der Waals surface area contributed by atoms with Crippen molar-refractivity contribution in [3.05, 3.63) is 42.1 Å². The summed E-state index contributed by atoms with van der Waals surface area (Å²) in [5.74, 6) is 0.805. The van der Waals surface area contributed by atoms with Crippen LogP contribution in [0.15, 0.2) is 36.5 Å². The number of rotatable bonds is 3. The Bertz CT molecular complexity index is 937. The Morgan fingerprint density at radius 1 is 1.00 bits per heavy atom. The lowest BCUT2D eigenvalue weighted by Crippen LogP contribution is -2.39. The van der Waals surface area contributed by atoms with E-state index >= 15 is 0 Å². The van der Waals surface area contributed by atoms with Crippen LogP contribution in [0.3, 0.4) is 0 Å². The second kappa shape index (κ2) is 7.73. The van der Waals surface area contributed by atoms with Crippen molar-refractivity contribution in [3.8, 4) is 0 Å². The molecule has 2 amide bonds. The first kappa shape index (κ1) is 19.2. The molecule has 0 atom stereocenters. The molecule has 0 spiro atoms. The van der Waals surface area contributed by atoms with Gasteiger partial charge in [-0.2, -0.15) is 0 Å². The van der Waals surface area contributed by atoms with Crippen LogP contribution in [0.2, 0.25) is 0 Å². The van der Waals surface area contributed by atoms with Crippen molar-refractivity contribution < 1.29 is 9.59 Å². The number of hydrogen-bond donors (Lipinski definition) is 2. The molecule has 1 aromatic heterocycles. The number of nitrogens with zero attached hydrogens (tertiary/aromatic N) is 3. The summed E-state index contributed by atoms with van der Waals surface area (Å²) >= 11 is 0. The summed E-state index contributed by atoms with van der Waals surface area (Å²) in [5.41, 5.74) is 3.29. The fraction of sp³-hybridized carbons (Fsp3) is 0.409. The Kier molecular flexibility index (Phi) is 5.13. The van der Waals surface area contributed by atoms with Crippen molar-refractivity contribution >= 4 is 34.7 Å². The zero-order valence-corrected chi connectivity index (χ0v) is 17.1. The van der Waals surface area contributed by atoms with Gasteiger partial charge in [0, 0.05) is 39.2 Å². The standard InChI is InChI=1S/C22H27N5O2/c1-14(28)24-15-8-10-16(11-9-15)25-21-12-19-20(13-23-21)27(3)22(29)17-6-4-5-7-18(17)26(19)2/h4-7,12-13,15-16H,8-11H2,1-3H3,(H,23,25)(H,24,28)/t15-,16+. The molecular formula is C22H27N5O2. The quantitative estimate of drug-likeness (QED) is 0.837. The second-order valence-electron chi connectivity index (χ2n) is 7.89. The fourth-order valence-corrected chi connectivity index (χ4v) is 4.29.